The lowest BCUT2D eigenvalue weighted by Gasteiger charge is -2.28. The maximum Gasteiger partial charge on any atom is 0.128 e. The highest BCUT2D eigenvalue weighted by Crippen LogP contribution is 2.38. The topological polar surface area (TPSA) is 85.4 Å². The van der Waals surface area contributed by atoms with Gasteiger partial charge >= 0.3 is 0 Å². The fourth-order valence-corrected chi connectivity index (χ4v) is 4.86. The molecule has 0 spiro atoms. The van der Waals surface area contributed by atoms with Crippen molar-refractivity contribution in [1.29, 1.82) is 0 Å². The minimum atomic E-state index is -0.307. The third-order valence-corrected chi connectivity index (χ3v) is 7.25. The minimum absolute atomic E-state index is 0.0117. The van der Waals surface area contributed by atoms with E-state index >= 15 is 0 Å². The highest BCUT2D eigenvalue weighted by molar-refractivity contribution is 5.86. The molecule has 1 fully saturated rings. The van der Waals surface area contributed by atoms with E-state index in [2.05, 4.69) is 47.6 Å². The zero-order valence-electron chi connectivity index (χ0n) is 24.2. The molecule has 0 aliphatic heterocycles. The highest BCUT2D eigenvalue weighted by Gasteiger charge is 2.27. The second kappa shape index (κ2) is 10.5. The van der Waals surface area contributed by atoms with Crippen molar-refractivity contribution in [3.8, 4) is 17.2 Å². The molecule has 1 aliphatic rings. The van der Waals surface area contributed by atoms with E-state index in [1.165, 1.54) is 5.56 Å². The van der Waals surface area contributed by atoms with Gasteiger partial charge in [-0.2, -0.15) is 0 Å². The minimum Gasteiger partial charge on any atom is -0.508 e. The summed E-state index contributed by atoms with van der Waals surface area (Å²) in [6.07, 6.45) is 7.49. The number of phenols is 3. The van der Waals surface area contributed by atoms with Crippen molar-refractivity contribution < 1.29 is 15.3 Å². The van der Waals surface area contributed by atoms with Gasteiger partial charge in [0.15, 0.2) is 0 Å². The van der Waals surface area contributed by atoms with Crippen LogP contribution in [0.3, 0.4) is 0 Å². The molecule has 0 bridgehead atoms. The van der Waals surface area contributed by atoms with Gasteiger partial charge in [-0.15, -0.1) is 0 Å². The van der Waals surface area contributed by atoms with Gasteiger partial charge in [0.05, 0.1) is 12.1 Å². The molecular weight excluding hydrogens is 460 g/mol. The Labute approximate surface area is 223 Å². The predicted molar refractivity (Wildman–Crippen MR) is 155 cm³/mol. The van der Waals surface area contributed by atoms with Crippen LogP contribution in [-0.2, 0) is 16.2 Å². The first-order chi connectivity index (χ1) is 17.0. The fraction of sp³-hybridized carbons (Fsp3) is 0.562. The SMILES string of the molecule is CC(C)(C)c1cc(C=N[C@@H]2CCCC[C@H]2N=Cc2cc(O)cc(C(C)(C)C)c2O)c(O)c(C(C)(C)C)c1. The van der Waals surface area contributed by atoms with Crippen molar-refractivity contribution in [2.24, 2.45) is 9.98 Å². The monoisotopic (exact) mass is 506 g/mol. The van der Waals surface area contributed by atoms with E-state index in [1.54, 1.807) is 18.3 Å². The molecule has 202 valence electrons. The smallest absolute Gasteiger partial charge is 0.128 e. The molecule has 0 heterocycles. The highest BCUT2D eigenvalue weighted by atomic mass is 16.3. The lowest BCUT2D eigenvalue weighted by atomic mass is 9.79. The van der Waals surface area contributed by atoms with Gasteiger partial charge in [0.1, 0.15) is 17.2 Å². The third kappa shape index (κ3) is 6.94. The summed E-state index contributed by atoms with van der Waals surface area (Å²) in [5.74, 6) is 0.564. The molecule has 2 aromatic carbocycles. The molecule has 1 saturated carbocycles. The molecular formula is C32H46N2O3. The average Bonchev–Trinajstić information content (AvgIpc) is 2.77. The molecule has 2 aromatic rings. The number of hydrogen-bond acceptors (Lipinski definition) is 5. The summed E-state index contributed by atoms with van der Waals surface area (Å²) in [4.78, 5) is 9.78. The summed E-state index contributed by atoms with van der Waals surface area (Å²) in [5.41, 5.74) is 3.49. The summed E-state index contributed by atoms with van der Waals surface area (Å²) < 4.78 is 0. The van der Waals surface area contributed by atoms with Crippen molar-refractivity contribution >= 4 is 12.4 Å². The average molecular weight is 507 g/mol. The number of aromatic hydroxyl groups is 3. The molecule has 0 unspecified atom stereocenters. The van der Waals surface area contributed by atoms with Crippen molar-refractivity contribution in [3.05, 3.63) is 52.1 Å². The lowest BCUT2D eigenvalue weighted by molar-refractivity contribution is 0.389. The van der Waals surface area contributed by atoms with Crippen molar-refractivity contribution in [2.45, 2.75) is 116 Å². The first-order valence-electron chi connectivity index (χ1n) is 13.5. The number of benzene rings is 2. The summed E-state index contributed by atoms with van der Waals surface area (Å²) in [6, 6.07) is 7.30. The third-order valence-electron chi connectivity index (χ3n) is 7.25. The molecule has 1 aliphatic carbocycles. The summed E-state index contributed by atoms with van der Waals surface area (Å²) in [5, 5.41) is 32.2. The molecule has 0 amide bonds. The Morgan fingerprint density at radius 2 is 1.05 bits per heavy atom. The van der Waals surface area contributed by atoms with Crippen molar-refractivity contribution in [1.82, 2.24) is 0 Å². The molecule has 5 nitrogen and oxygen atoms in total. The molecule has 0 radical (unpaired) electrons. The van der Waals surface area contributed by atoms with E-state index in [9.17, 15) is 15.3 Å². The molecule has 3 N–H and O–H groups in total. The predicted octanol–water partition coefficient (Wildman–Crippen LogP) is 7.55. The lowest BCUT2D eigenvalue weighted by Crippen LogP contribution is -2.27. The van der Waals surface area contributed by atoms with Gasteiger partial charge in [0, 0.05) is 34.7 Å². The van der Waals surface area contributed by atoms with Crippen molar-refractivity contribution in [2.75, 3.05) is 0 Å². The van der Waals surface area contributed by atoms with Crippen LogP contribution >= 0.6 is 0 Å². The van der Waals surface area contributed by atoms with E-state index < -0.39 is 0 Å². The Bertz CT molecular complexity index is 1170. The zero-order valence-corrected chi connectivity index (χ0v) is 24.2. The Morgan fingerprint density at radius 1 is 0.622 bits per heavy atom. The van der Waals surface area contributed by atoms with Gasteiger partial charge < -0.3 is 15.3 Å². The van der Waals surface area contributed by atoms with Crippen LogP contribution in [-0.4, -0.2) is 39.8 Å². The van der Waals surface area contributed by atoms with Gasteiger partial charge in [-0.3, -0.25) is 9.98 Å². The van der Waals surface area contributed by atoms with Gasteiger partial charge in [-0.05, 0) is 52.8 Å². The van der Waals surface area contributed by atoms with Crippen LogP contribution in [0.2, 0.25) is 0 Å². The maximum absolute atomic E-state index is 11.1. The van der Waals surface area contributed by atoms with Crippen LogP contribution in [0.4, 0.5) is 0 Å². The van der Waals surface area contributed by atoms with Crippen molar-refractivity contribution in [3.63, 3.8) is 0 Å². The van der Waals surface area contributed by atoms with Gasteiger partial charge in [-0.25, -0.2) is 0 Å². The van der Waals surface area contributed by atoms with Crippen LogP contribution in [0.5, 0.6) is 17.2 Å². The number of nitrogens with zero attached hydrogens (tertiary/aromatic N) is 2. The van der Waals surface area contributed by atoms with E-state index in [-0.39, 0.29) is 39.8 Å². The van der Waals surface area contributed by atoms with Crippen LogP contribution < -0.4 is 0 Å². The van der Waals surface area contributed by atoms with Gasteiger partial charge in [0.2, 0.25) is 0 Å². The Balaban J connectivity index is 1.95. The summed E-state index contributed by atoms with van der Waals surface area (Å²) >= 11 is 0. The maximum atomic E-state index is 11.1. The number of phenolic OH excluding ortho intramolecular Hbond substituents is 3. The summed E-state index contributed by atoms with van der Waals surface area (Å²) in [6.45, 7) is 18.9. The van der Waals surface area contributed by atoms with Crippen LogP contribution in [0.1, 0.15) is 116 Å². The van der Waals surface area contributed by atoms with E-state index in [0.717, 1.165) is 36.8 Å². The van der Waals surface area contributed by atoms with Crippen LogP contribution in [0, 0.1) is 0 Å². The van der Waals surface area contributed by atoms with Crippen LogP contribution in [0.25, 0.3) is 0 Å². The molecule has 2 atom stereocenters. The number of hydrogen-bond donors (Lipinski definition) is 3. The summed E-state index contributed by atoms with van der Waals surface area (Å²) in [7, 11) is 0. The normalized spacial score (nSPS) is 19.7. The number of aliphatic imine (C=N–C) groups is 2. The quantitative estimate of drug-likeness (QED) is 0.296. The van der Waals surface area contributed by atoms with Crippen LogP contribution in [0.15, 0.2) is 34.3 Å². The van der Waals surface area contributed by atoms with E-state index in [0.29, 0.717) is 16.9 Å². The molecule has 0 aromatic heterocycles. The Hall–Kier alpha value is -2.82. The Kier molecular flexibility index (Phi) is 8.16. The first kappa shape index (κ1) is 28.7. The molecule has 37 heavy (non-hydrogen) atoms. The molecule has 3 rings (SSSR count). The standard InChI is InChI=1S/C32H46N2O3/c1-30(2,3)22-14-20(28(36)24(16-22)31(4,5)6)18-33-26-12-10-11-13-27(26)34-19-21-15-23(35)17-25(29(21)37)32(7,8)9/h14-19,26-27,35-37H,10-13H2,1-9H3/t26-,27-/m1/s1. The van der Waals surface area contributed by atoms with E-state index in [1.807, 2.05) is 33.1 Å². The largest absolute Gasteiger partial charge is 0.508 e. The van der Waals surface area contributed by atoms with Gasteiger partial charge in [0.25, 0.3) is 0 Å². The first-order valence-corrected chi connectivity index (χ1v) is 13.5. The second-order valence-electron chi connectivity index (χ2n) is 13.6. The Morgan fingerprint density at radius 3 is 1.49 bits per heavy atom. The number of rotatable bonds is 4. The fourth-order valence-electron chi connectivity index (χ4n) is 4.86. The van der Waals surface area contributed by atoms with E-state index in [4.69, 9.17) is 9.98 Å². The molecule has 5 heteroatoms. The molecule has 0 saturated heterocycles. The van der Waals surface area contributed by atoms with Gasteiger partial charge in [-0.1, -0.05) is 81.2 Å². The second-order valence-corrected chi connectivity index (χ2v) is 13.6. The zero-order chi connectivity index (χ0) is 27.8.